The van der Waals surface area contributed by atoms with Crippen LogP contribution in [0.25, 0.3) is 10.9 Å². The lowest BCUT2D eigenvalue weighted by Gasteiger charge is -2.34. The maximum absolute atomic E-state index is 6.01. The molecular formula is C14H16ClN3O. The van der Waals surface area contributed by atoms with Crippen molar-refractivity contribution in [2.24, 2.45) is 5.73 Å². The Balaban J connectivity index is 2.00. The highest BCUT2D eigenvalue weighted by atomic mass is 35.5. The summed E-state index contributed by atoms with van der Waals surface area (Å²) >= 11 is 6.01. The topological polar surface area (TPSA) is 51.4 Å². The van der Waals surface area contributed by atoms with Crippen LogP contribution in [0.3, 0.4) is 0 Å². The van der Waals surface area contributed by atoms with Gasteiger partial charge in [-0.15, -0.1) is 0 Å². The third kappa shape index (κ3) is 2.52. The summed E-state index contributed by atoms with van der Waals surface area (Å²) in [5.41, 5.74) is 7.78. The van der Waals surface area contributed by atoms with Gasteiger partial charge >= 0.3 is 0 Å². The normalized spacial score (nSPS) is 19.9. The molecule has 3 rings (SSSR count). The average Bonchev–Trinajstić information content (AvgIpc) is 2.46. The molecule has 2 aromatic rings. The number of hydrogen-bond acceptors (Lipinski definition) is 4. The molecule has 0 bridgehead atoms. The van der Waals surface area contributed by atoms with Crippen molar-refractivity contribution >= 4 is 28.2 Å². The lowest BCUT2D eigenvalue weighted by Crippen LogP contribution is -2.45. The number of fused-ring (bicyclic) bond motifs is 1. The van der Waals surface area contributed by atoms with E-state index in [-0.39, 0.29) is 6.10 Å². The molecule has 100 valence electrons. The number of aromatic nitrogens is 1. The lowest BCUT2D eigenvalue weighted by atomic mass is 10.1. The number of anilines is 1. The SMILES string of the molecule is NCC1CN(c2ccnc3cc(Cl)ccc23)CCO1. The Kier molecular flexibility index (Phi) is 3.55. The highest BCUT2D eigenvalue weighted by Crippen LogP contribution is 2.28. The highest BCUT2D eigenvalue weighted by Gasteiger charge is 2.20. The number of rotatable bonds is 2. The van der Waals surface area contributed by atoms with Gasteiger partial charge in [-0.1, -0.05) is 11.6 Å². The summed E-state index contributed by atoms with van der Waals surface area (Å²) in [7, 11) is 0. The fourth-order valence-corrected chi connectivity index (χ4v) is 2.63. The number of nitrogens with zero attached hydrogens (tertiary/aromatic N) is 2. The van der Waals surface area contributed by atoms with E-state index in [0.717, 1.165) is 24.0 Å². The van der Waals surface area contributed by atoms with Gasteiger partial charge in [0.15, 0.2) is 0 Å². The van der Waals surface area contributed by atoms with Crippen molar-refractivity contribution in [2.75, 3.05) is 31.1 Å². The van der Waals surface area contributed by atoms with Crippen molar-refractivity contribution < 1.29 is 4.74 Å². The molecule has 0 aliphatic carbocycles. The number of pyridine rings is 1. The Bertz CT molecular complexity index is 590. The van der Waals surface area contributed by atoms with Gasteiger partial charge in [0.05, 0.1) is 18.2 Å². The zero-order valence-electron chi connectivity index (χ0n) is 10.6. The van der Waals surface area contributed by atoms with Crippen LogP contribution in [0.5, 0.6) is 0 Å². The van der Waals surface area contributed by atoms with Crippen LogP contribution in [0.2, 0.25) is 5.02 Å². The number of benzene rings is 1. The molecule has 5 heteroatoms. The molecule has 1 aromatic carbocycles. The summed E-state index contributed by atoms with van der Waals surface area (Å²) in [5.74, 6) is 0. The number of ether oxygens (including phenoxy) is 1. The monoisotopic (exact) mass is 277 g/mol. The summed E-state index contributed by atoms with van der Waals surface area (Å²) < 4.78 is 5.61. The molecule has 2 N–H and O–H groups in total. The van der Waals surface area contributed by atoms with Crippen LogP contribution in [0.15, 0.2) is 30.5 Å². The van der Waals surface area contributed by atoms with E-state index < -0.39 is 0 Å². The zero-order valence-corrected chi connectivity index (χ0v) is 11.3. The van der Waals surface area contributed by atoms with Crippen LogP contribution in [-0.4, -0.2) is 37.3 Å². The standard InChI is InChI=1S/C14H16ClN3O/c15-10-1-2-12-13(7-10)17-4-3-14(12)18-5-6-19-11(8-16)9-18/h1-4,7,11H,5-6,8-9,16H2. The van der Waals surface area contributed by atoms with Crippen LogP contribution in [0.1, 0.15) is 0 Å². The van der Waals surface area contributed by atoms with E-state index in [2.05, 4.69) is 9.88 Å². The number of nitrogens with two attached hydrogens (primary N) is 1. The molecule has 1 unspecified atom stereocenters. The van der Waals surface area contributed by atoms with Gasteiger partial charge in [0.2, 0.25) is 0 Å². The molecule has 0 saturated carbocycles. The number of morpholine rings is 1. The van der Waals surface area contributed by atoms with E-state index >= 15 is 0 Å². The first-order valence-corrected chi connectivity index (χ1v) is 6.76. The molecule has 1 aliphatic rings. The Morgan fingerprint density at radius 3 is 3.16 bits per heavy atom. The second-order valence-corrected chi connectivity index (χ2v) is 5.10. The largest absolute Gasteiger partial charge is 0.373 e. The minimum absolute atomic E-state index is 0.101. The summed E-state index contributed by atoms with van der Waals surface area (Å²) in [5, 5.41) is 1.82. The maximum Gasteiger partial charge on any atom is 0.0872 e. The molecular weight excluding hydrogens is 262 g/mol. The molecule has 1 aliphatic heterocycles. The van der Waals surface area contributed by atoms with Crippen molar-refractivity contribution in [3.05, 3.63) is 35.5 Å². The molecule has 1 saturated heterocycles. The van der Waals surface area contributed by atoms with Crippen LogP contribution >= 0.6 is 11.6 Å². The Morgan fingerprint density at radius 2 is 2.32 bits per heavy atom. The highest BCUT2D eigenvalue weighted by molar-refractivity contribution is 6.31. The van der Waals surface area contributed by atoms with Gasteiger partial charge in [-0.05, 0) is 24.3 Å². The van der Waals surface area contributed by atoms with Crippen LogP contribution in [0.4, 0.5) is 5.69 Å². The minimum atomic E-state index is 0.101. The first kappa shape index (κ1) is 12.7. The van der Waals surface area contributed by atoms with Crippen molar-refractivity contribution in [3.8, 4) is 0 Å². The Morgan fingerprint density at radius 1 is 1.42 bits per heavy atom. The second-order valence-electron chi connectivity index (χ2n) is 4.67. The van der Waals surface area contributed by atoms with E-state index in [0.29, 0.717) is 18.2 Å². The fraction of sp³-hybridized carbons (Fsp3) is 0.357. The van der Waals surface area contributed by atoms with Gasteiger partial charge in [-0.3, -0.25) is 4.98 Å². The quantitative estimate of drug-likeness (QED) is 0.913. The second kappa shape index (κ2) is 5.33. The van der Waals surface area contributed by atoms with Crippen molar-refractivity contribution in [2.45, 2.75) is 6.10 Å². The molecule has 1 fully saturated rings. The van der Waals surface area contributed by atoms with Gasteiger partial charge in [-0.25, -0.2) is 0 Å². The number of hydrogen-bond donors (Lipinski definition) is 1. The third-order valence-corrected chi connectivity index (χ3v) is 3.66. The van der Waals surface area contributed by atoms with Crippen LogP contribution in [0, 0.1) is 0 Å². The molecule has 1 atom stereocenters. The van der Waals surface area contributed by atoms with E-state index in [4.69, 9.17) is 22.1 Å². The summed E-state index contributed by atoms with van der Waals surface area (Å²) in [4.78, 5) is 6.67. The first-order chi connectivity index (χ1) is 9.28. The number of halogens is 1. The molecule has 0 spiro atoms. The predicted octanol–water partition coefficient (Wildman–Crippen LogP) is 2.05. The summed E-state index contributed by atoms with van der Waals surface area (Å²) in [6, 6.07) is 7.85. The van der Waals surface area contributed by atoms with E-state index in [1.54, 1.807) is 0 Å². The third-order valence-electron chi connectivity index (χ3n) is 3.42. The lowest BCUT2D eigenvalue weighted by molar-refractivity contribution is 0.0466. The fourth-order valence-electron chi connectivity index (χ4n) is 2.46. The zero-order chi connectivity index (χ0) is 13.2. The first-order valence-electron chi connectivity index (χ1n) is 6.39. The van der Waals surface area contributed by atoms with E-state index in [9.17, 15) is 0 Å². The van der Waals surface area contributed by atoms with Crippen molar-refractivity contribution in [1.29, 1.82) is 0 Å². The maximum atomic E-state index is 6.01. The van der Waals surface area contributed by atoms with Gasteiger partial charge in [0.25, 0.3) is 0 Å². The molecule has 0 amide bonds. The van der Waals surface area contributed by atoms with Gasteiger partial charge in [0, 0.05) is 41.9 Å². The van der Waals surface area contributed by atoms with Crippen LogP contribution in [-0.2, 0) is 4.74 Å². The van der Waals surface area contributed by atoms with Gasteiger partial charge in [-0.2, -0.15) is 0 Å². The molecule has 0 radical (unpaired) electrons. The van der Waals surface area contributed by atoms with Gasteiger partial charge in [0.1, 0.15) is 0 Å². The molecule has 1 aromatic heterocycles. The predicted molar refractivity (Wildman–Crippen MR) is 77.8 cm³/mol. The Labute approximate surface area is 117 Å². The van der Waals surface area contributed by atoms with Gasteiger partial charge < -0.3 is 15.4 Å². The minimum Gasteiger partial charge on any atom is -0.373 e. The summed E-state index contributed by atoms with van der Waals surface area (Å²) in [6.07, 6.45) is 1.92. The van der Waals surface area contributed by atoms with Crippen molar-refractivity contribution in [1.82, 2.24) is 4.98 Å². The van der Waals surface area contributed by atoms with E-state index in [1.165, 1.54) is 5.69 Å². The molecule has 2 heterocycles. The molecule has 4 nitrogen and oxygen atoms in total. The Hall–Kier alpha value is -1.36. The van der Waals surface area contributed by atoms with Crippen molar-refractivity contribution in [3.63, 3.8) is 0 Å². The molecule has 19 heavy (non-hydrogen) atoms. The van der Waals surface area contributed by atoms with E-state index in [1.807, 2.05) is 30.5 Å². The van der Waals surface area contributed by atoms with Crippen LogP contribution < -0.4 is 10.6 Å². The summed E-state index contributed by atoms with van der Waals surface area (Å²) in [6.45, 7) is 2.95. The smallest absolute Gasteiger partial charge is 0.0872 e. The average molecular weight is 278 g/mol.